The maximum Gasteiger partial charge on any atom is 0.107 e. The van der Waals surface area contributed by atoms with Crippen LogP contribution in [0, 0.1) is 0 Å². The van der Waals surface area contributed by atoms with Crippen LogP contribution in [0.25, 0.3) is 0 Å². The SMILES string of the molecule is C1CC2C[NH2+]CC1O2. The van der Waals surface area contributed by atoms with Gasteiger partial charge in [0.15, 0.2) is 0 Å². The number of quaternary nitrogens is 1. The first-order valence-corrected chi connectivity index (χ1v) is 3.42. The summed E-state index contributed by atoms with van der Waals surface area (Å²) in [6.45, 7) is 2.41. The summed E-state index contributed by atoms with van der Waals surface area (Å²) in [5, 5.41) is 2.37. The monoisotopic (exact) mass is 114 g/mol. The second kappa shape index (κ2) is 1.71. The first kappa shape index (κ1) is 4.77. The van der Waals surface area contributed by atoms with Crippen LogP contribution in [0.15, 0.2) is 0 Å². The molecule has 2 bridgehead atoms. The molecular formula is C6H12NO+. The Hall–Kier alpha value is -0.0800. The summed E-state index contributed by atoms with van der Waals surface area (Å²) in [5.74, 6) is 0. The number of hydrogen-bond acceptors (Lipinski definition) is 1. The molecule has 2 N–H and O–H groups in total. The predicted octanol–water partition coefficient (Wildman–Crippen LogP) is -0.889. The van der Waals surface area contributed by atoms with Gasteiger partial charge in [0.2, 0.25) is 0 Å². The molecule has 2 nitrogen and oxygen atoms in total. The summed E-state index contributed by atoms with van der Waals surface area (Å²) in [5.41, 5.74) is 0. The van der Waals surface area contributed by atoms with E-state index in [1.807, 2.05) is 0 Å². The normalized spacial score (nSPS) is 45.0. The molecule has 2 atom stereocenters. The van der Waals surface area contributed by atoms with Gasteiger partial charge in [0.25, 0.3) is 0 Å². The van der Waals surface area contributed by atoms with Gasteiger partial charge in [-0.25, -0.2) is 0 Å². The summed E-state index contributed by atoms with van der Waals surface area (Å²) >= 11 is 0. The Balaban J connectivity index is 2.03. The van der Waals surface area contributed by atoms with E-state index in [9.17, 15) is 0 Å². The lowest BCUT2D eigenvalue weighted by molar-refractivity contribution is -0.679. The molecule has 0 aromatic rings. The van der Waals surface area contributed by atoms with Gasteiger partial charge in [-0.1, -0.05) is 0 Å². The topological polar surface area (TPSA) is 25.8 Å². The van der Waals surface area contributed by atoms with Crippen LogP contribution in [0.5, 0.6) is 0 Å². The largest absolute Gasteiger partial charge is 0.363 e. The number of hydrogen-bond donors (Lipinski definition) is 1. The highest BCUT2D eigenvalue weighted by atomic mass is 16.5. The van der Waals surface area contributed by atoms with E-state index >= 15 is 0 Å². The van der Waals surface area contributed by atoms with E-state index < -0.39 is 0 Å². The molecule has 2 rings (SSSR count). The maximum atomic E-state index is 5.57. The lowest BCUT2D eigenvalue weighted by Crippen LogP contribution is -2.89. The molecule has 0 radical (unpaired) electrons. The van der Waals surface area contributed by atoms with Crippen LogP contribution in [-0.4, -0.2) is 25.3 Å². The second-order valence-electron chi connectivity index (χ2n) is 2.72. The summed E-state index contributed by atoms with van der Waals surface area (Å²) in [6.07, 6.45) is 3.82. The van der Waals surface area contributed by atoms with Gasteiger partial charge in [0.05, 0.1) is 0 Å². The molecule has 2 fully saturated rings. The van der Waals surface area contributed by atoms with E-state index in [4.69, 9.17) is 4.74 Å². The van der Waals surface area contributed by atoms with E-state index in [0.717, 1.165) is 0 Å². The van der Waals surface area contributed by atoms with Gasteiger partial charge in [-0.15, -0.1) is 0 Å². The van der Waals surface area contributed by atoms with Crippen LogP contribution in [0.1, 0.15) is 12.8 Å². The Labute approximate surface area is 49.2 Å². The predicted molar refractivity (Wildman–Crippen MR) is 29.6 cm³/mol. The minimum absolute atomic E-state index is 0.605. The van der Waals surface area contributed by atoms with Gasteiger partial charge in [-0.2, -0.15) is 0 Å². The summed E-state index contributed by atoms with van der Waals surface area (Å²) < 4.78 is 5.57. The zero-order valence-electron chi connectivity index (χ0n) is 4.97. The van der Waals surface area contributed by atoms with Crippen LogP contribution < -0.4 is 5.32 Å². The lowest BCUT2D eigenvalue weighted by Gasteiger charge is -2.17. The minimum Gasteiger partial charge on any atom is -0.363 e. The molecule has 0 saturated carbocycles. The average molecular weight is 114 g/mol. The number of nitrogens with two attached hydrogens (primary N) is 1. The van der Waals surface area contributed by atoms with Crippen molar-refractivity contribution in [3.8, 4) is 0 Å². The molecule has 0 aromatic carbocycles. The molecule has 0 aliphatic carbocycles. The van der Waals surface area contributed by atoms with Gasteiger partial charge >= 0.3 is 0 Å². The van der Waals surface area contributed by atoms with Gasteiger partial charge in [0.1, 0.15) is 25.3 Å². The number of morpholine rings is 1. The van der Waals surface area contributed by atoms with Gasteiger partial charge in [0, 0.05) is 0 Å². The molecule has 2 heteroatoms. The maximum absolute atomic E-state index is 5.57. The smallest absolute Gasteiger partial charge is 0.107 e. The Morgan fingerprint density at radius 1 is 1.12 bits per heavy atom. The van der Waals surface area contributed by atoms with Crippen LogP contribution in [0.2, 0.25) is 0 Å². The minimum atomic E-state index is 0.605. The van der Waals surface area contributed by atoms with E-state index in [-0.39, 0.29) is 0 Å². The third-order valence-corrected chi connectivity index (χ3v) is 2.05. The highest BCUT2D eigenvalue weighted by molar-refractivity contribution is 4.74. The van der Waals surface area contributed by atoms with Crippen molar-refractivity contribution in [1.29, 1.82) is 0 Å². The fraction of sp³-hybridized carbons (Fsp3) is 1.00. The lowest BCUT2D eigenvalue weighted by atomic mass is 10.2. The van der Waals surface area contributed by atoms with E-state index in [1.54, 1.807) is 0 Å². The first-order valence-electron chi connectivity index (χ1n) is 3.42. The number of fused-ring (bicyclic) bond motifs is 2. The molecule has 0 amide bonds. The van der Waals surface area contributed by atoms with Gasteiger partial charge < -0.3 is 10.1 Å². The molecule has 0 spiro atoms. The highest BCUT2D eigenvalue weighted by Gasteiger charge is 2.31. The Kier molecular flexibility index (Phi) is 1.02. The van der Waals surface area contributed by atoms with E-state index in [0.29, 0.717) is 12.2 Å². The molecule has 2 unspecified atom stereocenters. The Morgan fingerprint density at radius 2 is 1.75 bits per heavy atom. The molecule has 8 heavy (non-hydrogen) atoms. The summed E-state index contributed by atoms with van der Waals surface area (Å²) in [7, 11) is 0. The highest BCUT2D eigenvalue weighted by Crippen LogP contribution is 2.18. The fourth-order valence-electron chi connectivity index (χ4n) is 1.59. The van der Waals surface area contributed by atoms with Crippen LogP contribution in [0.3, 0.4) is 0 Å². The molecular weight excluding hydrogens is 102 g/mol. The van der Waals surface area contributed by atoms with Crippen molar-refractivity contribution in [3.63, 3.8) is 0 Å². The summed E-state index contributed by atoms with van der Waals surface area (Å²) in [6, 6.07) is 0. The van der Waals surface area contributed by atoms with Crippen molar-refractivity contribution in [2.75, 3.05) is 13.1 Å². The zero-order valence-corrected chi connectivity index (χ0v) is 4.97. The average Bonchev–Trinajstić information content (AvgIpc) is 2.12. The molecule has 0 aromatic heterocycles. The third kappa shape index (κ3) is 0.644. The Morgan fingerprint density at radius 3 is 2.25 bits per heavy atom. The van der Waals surface area contributed by atoms with Crippen molar-refractivity contribution in [2.24, 2.45) is 0 Å². The van der Waals surface area contributed by atoms with Gasteiger partial charge in [-0.3, -0.25) is 0 Å². The van der Waals surface area contributed by atoms with Crippen molar-refractivity contribution < 1.29 is 10.1 Å². The van der Waals surface area contributed by atoms with Crippen LogP contribution in [0.4, 0.5) is 0 Å². The Bertz CT molecular complexity index is 80.5. The summed E-state index contributed by atoms with van der Waals surface area (Å²) in [4.78, 5) is 0. The standard InChI is InChI=1S/C6H11NO/c1-2-6-4-7-3-5(1)8-6/h5-7H,1-4H2/p+1. The van der Waals surface area contributed by atoms with Crippen LogP contribution in [-0.2, 0) is 4.74 Å². The molecule has 2 saturated heterocycles. The molecule has 2 aliphatic rings. The van der Waals surface area contributed by atoms with Crippen molar-refractivity contribution in [1.82, 2.24) is 0 Å². The van der Waals surface area contributed by atoms with Crippen molar-refractivity contribution in [3.05, 3.63) is 0 Å². The number of rotatable bonds is 0. The molecule has 2 heterocycles. The van der Waals surface area contributed by atoms with E-state index in [1.165, 1.54) is 25.9 Å². The number of ether oxygens (including phenoxy) is 1. The van der Waals surface area contributed by atoms with Gasteiger partial charge in [-0.05, 0) is 12.8 Å². The quantitative estimate of drug-likeness (QED) is 0.434. The first-order chi connectivity index (χ1) is 3.95. The van der Waals surface area contributed by atoms with Crippen molar-refractivity contribution in [2.45, 2.75) is 25.0 Å². The third-order valence-electron chi connectivity index (χ3n) is 2.05. The molecule has 2 aliphatic heterocycles. The zero-order chi connectivity index (χ0) is 5.40. The molecule has 46 valence electrons. The second-order valence-corrected chi connectivity index (χ2v) is 2.72. The fourth-order valence-corrected chi connectivity index (χ4v) is 1.59. The van der Waals surface area contributed by atoms with E-state index in [2.05, 4.69) is 5.32 Å². The van der Waals surface area contributed by atoms with Crippen molar-refractivity contribution >= 4 is 0 Å². The van der Waals surface area contributed by atoms with Crippen LogP contribution >= 0.6 is 0 Å².